The number of hydrogen-bond donors (Lipinski definition) is 2. The third-order valence-electron chi connectivity index (χ3n) is 1.79. The topological polar surface area (TPSA) is 58.6 Å². The van der Waals surface area contributed by atoms with Gasteiger partial charge in [-0.2, -0.15) is 0 Å². The second-order valence-corrected chi connectivity index (χ2v) is 4.57. The summed E-state index contributed by atoms with van der Waals surface area (Å²) in [4.78, 5) is 11.4. The standard InChI is InChI=1S/C12H17NO3/c1-12(2,3)13-11(15)16-10-6-4-9(8-14)5-7-10/h4-7,14H,8H2,1-3H3,(H,13,15). The van der Waals surface area contributed by atoms with Crippen LogP contribution in [0, 0.1) is 0 Å². The number of ether oxygens (including phenoxy) is 1. The molecule has 0 aliphatic rings. The van der Waals surface area contributed by atoms with Gasteiger partial charge in [-0.3, -0.25) is 0 Å². The molecule has 0 radical (unpaired) electrons. The zero-order valence-electron chi connectivity index (χ0n) is 9.78. The molecule has 0 atom stereocenters. The Morgan fingerprint density at radius 3 is 2.31 bits per heavy atom. The van der Waals surface area contributed by atoms with Crippen molar-refractivity contribution in [1.82, 2.24) is 5.32 Å². The van der Waals surface area contributed by atoms with E-state index < -0.39 is 6.09 Å². The molecule has 0 heterocycles. The first kappa shape index (κ1) is 12.5. The van der Waals surface area contributed by atoms with Gasteiger partial charge in [0.2, 0.25) is 0 Å². The lowest BCUT2D eigenvalue weighted by Gasteiger charge is -2.19. The molecular formula is C12H17NO3. The van der Waals surface area contributed by atoms with Crippen LogP contribution in [0.3, 0.4) is 0 Å². The molecule has 0 saturated heterocycles. The molecule has 88 valence electrons. The lowest BCUT2D eigenvalue weighted by atomic mass is 10.1. The van der Waals surface area contributed by atoms with Crippen molar-refractivity contribution in [3.8, 4) is 5.75 Å². The first-order valence-corrected chi connectivity index (χ1v) is 5.10. The van der Waals surface area contributed by atoms with E-state index in [-0.39, 0.29) is 12.1 Å². The molecule has 0 spiro atoms. The van der Waals surface area contributed by atoms with Gasteiger partial charge < -0.3 is 15.2 Å². The highest BCUT2D eigenvalue weighted by atomic mass is 16.6. The molecule has 2 N–H and O–H groups in total. The van der Waals surface area contributed by atoms with E-state index in [9.17, 15) is 4.79 Å². The first-order chi connectivity index (χ1) is 7.40. The maximum absolute atomic E-state index is 11.4. The summed E-state index contributed by atoms with van der Waals surface area (Å²) < 4.78 is 5.06. The summed E-state index contributed by atoms with van der Waals surface area (Å²) in [5.74, 6) is 0.457. The van der Waals surface area contributed by atoms with E-state index in [1.807, 2.05) is 20.8 Å². The number of amides is 1. The molecule has 16 heavy (non-hydrogen) atoms. The Morgan fingerprint density at radius 1 is 1.31 bits per heavy atom. The van der Waals surface area contributed by atoms with Crippen LogP contribution in [0.25, 0.3) is 0 Å². The van der Waals surface area contributed by atoms with Crippen molar-refractivity contribution >= 4 is 6.09 Å². The van der Waals surface area contributed by atoms with Gasteiger partial charge in [-0.1, -0.05) is 12.1 Å². The summed E-state index contributed by atoms with van der Waals surface area (Å²) in [5, 5.41) is 11.5. The van der Waals surface area contributed by atoms with Crippen LogP contribution in [0.15, 0.2) is 24.3 Å². The summed E-state index contributed by atoms with van der Waals surface area (Å²) in [6.07, 6.45) is -0.482. The van der Waals surface area contributed by atoms with E-state index in [1.165, 1.54) is 0 Å². The smallest absolute Gasteiger partial charge is 0.410 e. The normalized spacial score (nSPS) is 11.0. The lowest BCUT2D eigenvalue weighted by Crippen LogP contribution is -2.42. The average molecular weight is 223 g/mol. The molecule has 1 aromatic rings. The van der Waals surface area contributed by atoms with Crippen molar-refractivity contribution in [2.45, 2.75) is 32.9 Å². The van der Waals surface area contributed by atoms with Gasteiger partial charge in [0, 0.05) is 5.54 Å². The van der Waals surface area contributed by atoms with Crippen molar-refractivity contribution in [2.75, 3.05) is 0 Å². The Hall–Kier alpha value is -1.55. The molecular weight excluding hydrogens is 206 g/mol. The Labute approximate surface area is 95.2 Å². The summed E-state index contributed by atoms with van der Waals surface area (Å²) in [6.45, 7) is 5.61. The van der Waals surface area contributed by atoms with Gasteiger partial charge in [-0.05, 0) is 38.5 Å². The number of rotatable bonds is 2. The summed E-state index contributed by atoms with van der Waals surface area (Å²) >= 11 is 0. The van der Waals surface area contributed by atoms with Crippen LogP contribution < -0.4 is 10.1 Å². The van der Waals surface area contributed by atoms with Crippen LogP contribution in [0.5, 0.6) is 5.75 Å². The molecule has 0 aliphatic carbocycles. The monoisotopic (exact) mass is 223 g/mol. The van der Waals surface area contributed by atoms with Gasteiger partial charge in [0.1, 0.15) is 5.75 Å². The fraction of sp³-hybridized carbons (Fsp3) is 0.417. The zero-order chi connectivity index (χ0) is 12.2. The van der Waals surface area contributed by atoms with Gasteiger partial charge in [0.15, 0.2) is 0 Å². The highest BCUT2D eigenvalue weighted by Crippen LogP contribution is 2.12. The number of aliphatic hydroxyl groups is 1. The number of aliphatic hydroxyl groups excluding tert-OH is 1. The minimum absolute atomic E-state index is 0.0194. The number of carbonyl (C=O) groups is 1. The van der Waals surface area contributed by atoms with Crippen LogP contribution in [0.4, 0.5) is 4.79 Å². The summed E-state index contributed by atoms with van der Waals surface area (Å²) in [6, 6.07) is 6.71. The first-order valence-electron chi connectivity index (χ1n) is 5.10. The number of carbonyl (C=O) groups excluding carboxylic acids is 1. The second-order valence-electron chi connectivity index (χ2n) is 4.57. The van der Waals surface area contributed by atoms with Crippen molar-refractivity contribution < 1.29 is 14.6 Å². The van der Waals surface area contributed by atoms with Gasteiger partial charge in [-0.15, -0.1) is 0 Å². The maximum atomic E-state index is 11.4. The Balaban J connectivity index is 2.56. The number of hydrogen-bond acceptors (Lipinski definition) is 3. The van der Waals surface area contributed by atoms with E-state index in [2.05, 4.69) is 5.32 Å². The predicted molar refractivity (Wildman–Crippen MR) is 61.3 cm³/mol. The van der Waals surface area contributed by atoms with E-state index in [4.69, 9.17) is 9.84 Å². The second kappa shape index (κ2) is 4.99. The number of nitrogens with one attached hydrogen (secondary N) is 1. The molecule has 0 aliphatic heterocycles. The molecule has 4 nitrogen and oxygen atoms in total. The number of benzene rings is 1. The van der Waals surface area contributed by atoms with Gasteiger partial charge in [0.05, 0.1) is 6.61 Å². The van der Waals surface area contributed by atoms with Gasteiger partial charge in [0.25, 0.3) is 0 Å². The van der Waals surface area contributed by atoms with E-state index >= 15 is 0 Å². The molecule has 0 aromatic heterocycles. The van der Waals surface area contributed by atoms with Crippen molar-refractivity contribution in [3.63, 3.8) is 0 Å². The van der Waals surface area contributed by atoms with E-state index in [0.29, 0.717) is 5.75 Å². The molecule has 0 fully saturated rings. The minimum Gasteiger partial charge on any atom is -0.410 e. The van der Waals surface area contributed by atoms with Crippen LogP contribution in [-0.2, 0) is 6.61 Å². The summed E-state index contributed by atoms with van der Waals surface area (Å²) in [5.41, 5.74) is 0.464. The van der Waals surface area contributed by atoms with Crippen molar-refractivity contribution in [3.05, 3.63) is 29.8 Å². The maximum Gasteiger partial charge on any atom is 0.413 e. The highest BCUT2D eigenvalue weighted by molar-refractivity contribution is 5.71. The predicted octanol–water partition coefficient (Wildman–Crippen LogP) is 2.07. The van der Waals surface area contributed by atoms with Crippen molar-refractivity contribution in [2.24, 2.45) is 0 Å². The van der Waals surface area contributed by atoms with Crippen LogP contribution >= 0.6 is 0 Å². The average Bonchev–Trinajstić information content (AvgIpc) is 2.16. The van der Waals surface area contributed by atoms with Crippen LogP contribution in [0.1, 0.15) is 26.3 Å². The zero-order valence-corrected chi connectivity index (χ0v) is 9.78. The van der Waals surface area contributed by atoms with Crippen LogP contribution in [0.2, 0.25) is 0 Å². The lowest BCUT2D eigenvalue weighted by molar-refractivity contribution is 0.190. The largest absolute Gasteiger partial charge is 0.413 e. The van der Waals surface area contributed by atoms with Gasteiger partial charge in [-0.25, -0.2) is 4.79 Å². The fourth-order valence-corrected chi connectivity index (χ4v) is 1.10. The molecule has 0 unspecified atom stereocenters. The van der Waals surface area contributed by atoms with Crippen molar-refractivity contribution in [1.29, 1.82) is 0 Å². The summed E-state index contributed by atoms with van der Waals surface area (Å²) in [7, 11) is 0. The van der Waals surface area contributed by atoms with E-state index in [0.717, 1.165) is 5.56 Å². The molecule has 1 aromatic carbocycles. The minimum atomic E-state index is -0.482. The SMILES string of the molecule is CC(C)(C)NC(=O)Oc1ccc(CO)cc1. The quantitative estimate of drug-likeness (QED) is 0.806. The van der Waals surface area contributed by atoms with E-state index in [1.54, 1.807) is 24.3 Å². The molecule has 0 bridgehead atoms. The molecule has 0 saturated carbocycles. The Morgan fingerprint density at radius 2 is 1.88 bits per heavy atom. The Bertz CT molecular complexity index is 352. The Kier molecular flexibility index (Phi) is 3.90. The fourth-order valence-electron chi connectivity index (χ4n) is 1.10. The molecule has 4 heteroatoms. The third-order valence-corrected chi connectivity index (χ3v) is 1.79. The van der Waals surface area contributed by atoms with Gasteiger partial charge >= 0.3 is 6.09 Å². The third kappa shape index (κ3) is 4.31. The van der Waals surface area contributed by atoms with Crippen LogP contribution in [-0.4, -0.2) is 16.7 Å². The molecule has 1 rings (SSSR count). The molecule has 1 amide bonds. The highest BCUT2D eigenvalue weighted by Gasteiger charge is 2.14.